The Morgan fingerprint density at radius 1 is 1.27 bits per heavy atom. The van der Waals surface area contributed by atoms with E-state index >= 15 is 0 Å². The van der Waals surface area contributed by atoms with E-state index in [1.54, 1.807) is 7.11 Å². The fourth-order valence-electron chi connectivity index (χ4n) is 3.69. The van der Waals surface area contributed by atoms with Gasteiger partial charge in [-0.2, -0.15) is 0 Å². The molecule has 0 saturated carbocycles. The minimum absolute atomic E-state index is 0.0118. The molecule has 0 unspecified atom stereocenters. The first kappa shape index (κ1) is 15.3. The highest BCUT2D eigenvalue weighted by atomic mass is 16.6. The third kappa shape index (κ3) is 3.27. The van der Waals surface area contributed by atoms with Gasteiger partial charge in [-0.3, -0.25) is 9.69 Å². The maximum Gasteiger partial charge on any atom is 0.323 e. The Balaban J connectivity index is 1.55. The topological polar surface area (TPSA) is 38.8 Å². The second-order valence-corrected chi connectivity index (χ2v) is 6.49. The molecular formula is C18H25NO3. The van der Waals surface area contributed by atoms with Gasteiger partial charge >= 0.3 is 5.97 Å². The Hall–Kier alpha value is -1.55. The van der Waals surface area contributed by atoms with E-state index in [0.29, 0.717) is 5.92 Å². The molecule has 120 valence electrons. The van der Waals surface area contributed by atoms with Gasteiger partial charge in [-0.15, -0.1) is 0 Å². The van der Waals surface area contributed by atoms with Crippen LogP contribution in [0.5, 0.6) is 5.75 Å². The van der Waals surface area contributed by atoms with Crippen molar-refractivity contribution < 1.29 is 14.3 Å². The summed E-state index contributed by atoms with van der Waals surface area (Å²) in [6.45, 7) is 3.96. The number of piperidine rings is 1. The summed E-state index contributed by atoms with van der Waals surface area (Å²) in [6, 6.07) is 8.25. The largest absolute Gasteiger partial charge is 0.496 e. The summed E-state index contributed by atoms with van der Waals surface area (Å²) in [4.78, 5) is 14.2. The molecule has 4 heteroatoms. The van der Waals surface area contributed by atoms with E-state index in [4.69, 9.17) is 9.47 Å². The predicted octanol–water partition coefficient (Wildman–Crippen LogP) is 2.65. The summed E-state index contributed by atoms with van der Waals surface area (Å²) in [5.74, 6) is 1.62. The quantitative estimate of drug-likeness (QED) is 0.802. The van der Waals surface area contributed by atoms with Crippen molar-refractivity contribution in [2.24, 2.45) is 5.92 Å². The maximum absolute atomic E-state index is 11.9. The molecule has 2 saturated heterocycles. The third-order valence-electron chi connectivity index (χ3n) is 4.94. The van der Waals surface area contributed by atoms with Crippen molar-refractivity contribution in [1.29, 1.82) is 0 Å². The van der Waals surface area contributed by atoms with Crippen molar-refractivity contribution in [3.05, 3.63) is 29.8 Å². The number of hydrogen-bond acceptors (Lipinski definition) is 4. The minimum atomic E-state index is -0.0318. The fraction of sp³-hybridized carbons (Fsp3) is 0.611. The number of methoxy groups -OCH3 is 1. The summed E-state index contributed by atoms with van der Waals surface area (Å²) in [7, 11) is 1.73. The van der Waals surface area contributed by atoms with E-state index in [-0.39, 0.29) is 18.1 Å². The van der Waals surface area contributed by atoms with E-state index in [2.05, 4.69) is 17.0 Å². The van der Waals surface area contributed by atoms with Gasteiger partial charge in [0.2, 0.25) is 0 Å². The molecule has 0 bridgehead atoms. The maximum atomic E-state index is 11.9. The average molecular weight is 303 g/mol. The number of rotatable bonds is 4. The van der Waals surface area contributed by atoms with Crippen molar-refractivity contribution in [1.82, 2.24) is 4.90 Å². The molecule has 0 aromatic heterocycles. The van der Waals surface area contributed by atoms with Gasteiger partial charge in [0.05, 0.1) is 7.11 Å². The van der Waals surface area contributed by atoms with Gasteiger partial charge in [0.1, 0.15) is 17.9 Å². The van der Waals surface area contributed by atoms with Gasteiger partial charge in [-0.25, -0.2) is 0 Å². The van der Waals surface area contributed by atoms with Crippen molar-refractivity contribution in [3.8, 4) is 5.75 Å². The monoisotopic (exact) mass is 303 g/mol. The van der Waals surface area contributed by atoms with Crippen LogP contribution >= 0.6 is 0 Å². The molecule has 2 aliphatic heterocycles. The zero-order chi connectivity index (χ0) is 15.5. The molecule has 0 radical (unpaired) electrons. The lowest BCUT2D eigenvalue weighted by atomic mass is 9.89. The van der Waals surface area contributed by atoms with Crippen LogP contribution in [0.1, 0.15) is 31.7 Å². The molecule has 4 nitrogen and oxygen atoms in total. The molecule has 22 heavy (non-hydrogen) atoms. The normalized spacial score (nSPS) is 26.9. The number of hydrogen-bond donors (Lipinski definition) is 0. The number of carbonyl (C=O) groups is 1. The molecule has 2 heterocycles. The molecule has 2 fully saturated rings. The zero-order valence-corrected chi connectivity index (χ0v) is 13.5. The van der Waals surface area contributed by atoms with Crippen LogP contribution < -0.4 is 4.74 Å². The number of carbonyl (C=O) groups excluding carboxylic acids is 1. The highest BCUT2D eigenvalue weighted by Gasteiger charge is 2.37. The van der Waals surface area contributed by atoms with Gasteiger partial charge in [0.15, 0.2) is 0 Å². The molecule has 2 atom stereocenters. The average Bonchev–Trinajstić information content (AvgIpc) is 2.87. The number of para-hydroxylation sites is 1. The third-order valence-corrected chi connectivity index (χ3v) is 4.94. The van der Waals surface area contributed by atoms with Crippen LogP contribution in [0.4, 0.5) is 0 Å². The summed E-state index contributed by atoms with van der Waals surface area (Å²) < 4.78 is 10.7. The van der Waals surface area contributed by atoms with Crippen LogP contribution in [-0.2, 0) is 16.0 Å². The van der Waals surface area contributed by atoms with Gasteiger partial charge in [0.25, 0.3) is 0 Å². The molecule has 2 aliphatic rings. The molecule has 1 aromatic rings. The van der Waals surface area contributed by atoms with Crippen molar-refractivity contribution in [2.45, 2.75) is 44.8 Å². The zero-order valence-electron chi connectivity index (χ0n) is 13.5. The number of esters is 1. The number of benzene rings is 1. The van der Waals surface area contributed by atoms with Crippen molar-refractivity contribution in [2.75, 3.05) is 20.2 Å². The SMILES string of the molecule is COc1ccccc1CC1CCN([C@H]2C[C@H](C)OC2=O)CC1. The van der Waals surface area contributed by atoms with Crippen LogP contribution in [0.25, 0.3) is 0 Å². The Kier molecular flexibility index (Phi) is 4.67. The summed E-state index contributed by atoms with van der Waals surface area (Å²) in [5, 5.41) is 0. The first-order chi connectivity index (χ1) is 10.7. The highest BCUT2D eigenvalue weighted by Crippen LogP contribution is 2.29. The Labute approximate surface area is 132 Å². The lowest BCUT2D eigenvalue weighted by Gasteiger charge is -2.34. The van der Waals surface area contributed by atoms with Crippen LogP contribution in [-0.4, -0.2) is 43.2 Å². The smallest absolute Gasteiger partial charge is 0.323 e. The summed E-state index contributed by atoms with van der Waals surface area (Å²) in [5.41, 5.74) is 1.29. The first-order valence-electron chi connectivity index (χ1n) is 8.24. The fourth-order valence-corrected chi connectivity index (χ4v) is 3.69. The second kappa shape index (κ2) is 6.69. The van der Waals surface area contributed by atoms with Gasteiger partial charge in [0, 0.05) is 6.42 Å². The van der Waals surface area contributed by atoms with Crippen molar-refractivity contribution >= 4 is 5.97 Å². The van der Waals surface area contributed by atoms with E-state index in [9.17, 15) is 4.79 Å². The van der Waals surface area contributed by atoms with E-state index in [0.717, 1.165) is 44.5 Å². The lowest BCUT2D eigenvalue weighted by molar-refractivity contribution is -0.145. The number of nitrogens with zero attached hydrogens (tertiary/aromatic N) is 1. The molecule has 0 spiro atoms. The van der Waals surface area contributed by atoms with Gasteiger partial charge in [-0.1, -0.05) is 18.2 Å². The van der Waals surface area contributed by atoms with Gasteiger partial charge in [-0.05, 0) is 56.8 Å². The molecule has 0 aliphatic carbocycles. The highest BCUT2D eigenvalue weighted by molar-refractivity contribution is 5.78. The van der Waals surface area contributed by atoms with Crippen molar-refractivity contribution in [3.63, 3.8) is 0 Å². The second-order valence-electron chi connectivity index (χ2n) is 6.49. The molecule has 1 aromatic carbocycles. The Bertz CT molecular complexity index is 523. The Morgan fingerprint density at radius 2 is 2.00 bits per heavy atom. The summed E-state index contributed by atoms with van der Waals surface area (Å²) in [6.07, 6.45) is 4.25. The molecular weight excluding hydrogens is 278 g/mol. The number of cyclic esters (lactones) is 1. The van der Waals surface area contributed by atoms with Crippen LogP contribution in [0.3, 0.4) is 0 Å². The van der Waals surface area contributed by atoms with Gasteiger partial charge < -0.3 is 9.47 Å². The van der Waals surface area contributed by atoms with E-state index < -0.39 is 0 Å². The minimum Gasteiger partial charge on any atom is -0.496 e. The Morgan fingerprint density at radius 3 is 2.64 bits per heavy atom. The number of likely N-dealkylation sites (tertiary alicyclic amines) is 1. The summed E-state index contributed by atoms with van der Waals surface area (Å²) >= 11 is 0. The molecule has 0 amide bonds. The number of ether oxygens (including phenoxy) is 2. The molecule has 3 rings (SSSR count). The van der Waals surface area contributed by atoms with Crippen LogP contribution in [0.2, 0.25) is 0 Å². The molecule has 0 N–H and O–H groups in total. The lowest BCUT2D eigenvalue weighted by Crippen LogP contribution is -2.44. The first-order valence-corrected chi connectivity index (χ1v) is 8.24. The van der Waals surface area contributed by atoms with Crippen LogP contribution in [0, 0.1) is 5.92 Å². The standard InChI is InChI=1S/C18H25NO3/c1-13-11-16(18(20)22-13)19-9-7-14(8-10-19)12-15-5-3-4-6-17(15)21-2/h3-6,13-14,16H,7-12H2,1-2H3/t13-,16-/m0/s1. The van der Waals surface area contributed by atoms with E-state index in [1.165, 1.54) is 5.56 Å². The predicted molar refractivity (Wildman–Crippen MR) is 85.0 cm³/mol. The van der Waals surface area contributed by atoms with E-state index in [1.807, 2.05) is 19.1 Å². The van der Waals surface area contributed by atoms with Crippen LogP contribution in [0.15, 0.2) is 24.3 Å².